The van der Waals surface area contributed by atoms with E-state index in [9.17, 15) is 5.11 Å². The Morgan fingerprint density at radius 1 is 1.33 bits per heavy atom. The van der Waals surface area contributed by atoms with Crippen molar-refractivity contribution in [3.05, 3.63) is 24.6 Å². The molecule has 4 nitrogen and oxygen atoms in total. The first-order chi connectivity index (χ1) is 8.83. The van der Waals surface area contributed by atoms with E-state index in [1.807, 2.05) is 12.1 Å². The highest BCUT2D eigenvalue weighted by Gasteiger charge is 2.33. The summed E-state index contributed by atoms with van der Waals surface area (Å²) < 4.78 is 5.35. The van der Waals surface area contributed by atoms with Crippen LogP contribution in [0.1, 0.15) is 25.7 Å². The van der Waals surface area contributed by atoms with E-state index >= 15 is 0 Å². The minimum absolute atomic E-state index is 0.0353. The average molecular weight is 246 g/mol. The fraction of sp³-hybridized carbons (Fsp3) is 0.500. The Kier molecular flexibility index (Phi) is 2.96. The van der Waals surface area contributed by atoms with E-state index in [0.717, 1.165) is 36.2 Å². The van der Waals surface area contributed by atoms with Crippen molar-refractivity contribution in [2.75, 3.05) is 18.5 Å². The second-order valence-electron chi connectivity index (χ2n) is 5.21. The molecule has 0 unspecified atom stereocenters. The first-order valence-electron chi connectivity index (χ1n) is 6.50. The van der Waals surface area contributed by atoms with Gasteiger partial charge in [-0.15, -0.1) is 0 Å². The maximum atomic E-state index is 9.59. The normalized spacial score (nSPS) is 18.3. The molecule has 3 rings (SSSR count). The van der Waals surface area contributed by atoms with Crippen LogP contribution in [-0.4, -0.2) is 23.2 Å². The van der Waals surface area contributed by atoms with Crippen LogP contribution in [0.3, 0.4) is 0 Å². The van der Waals surface area contributed by atoms with E-state index in [0.29, 0.717) is 0 Å². The summed E-state index contributed by atoms with van der Waals surface area (Å²) in [6.45, 7) is 1.03. The lowest BCUT2D eigenvalue weighted by Gasteiger charge is -2.26. The SMILES string of the molecule is OCC1(CNc2nccc3occc23)CCCC1. The number of fused-ring (bicyclic) bond motifs is 1. The summed E-state index contributed by atoms with van der Waals surface area (Å²) >= 11 is 0. The van der Waals surface area contributed by atoms with Crippen molar-refractivity contribution in [2.24, 2.45) is 5.41 Å². The van der Waals surface area contributed by atoms with Crippen LogP contribution in [0, 0.1) is 5.41 Å². The first-order valence-corrected chi connectivity index (χ1v) is 6.50. The van der Waals surface area contributed by atoms with Crippen LogP contribution in [-0.2, 0) is 0 Å². The van der Waals surface area contributed by atoms with Gasteiger partial charge in [-0.2, -0.15) is 0 Å². The summed E-state index contributed by atoms with van der Waals surface area (Å²) in [6.07, 6.45) is 8.04. The first kappa shape index (κ1) is 11.5. The van der Waals surface area contributed by atoms with Gasteiger partial charge in [0.15, 0.2) is 0 Å². The van der Waals surface area contributed by atoms with Crippen LogP contribution in [0.2, 0.25) is 0 Å². The van der Waals surface area contributed by atoms with Crippen LogP contribution in [0.25, 0.3) is 11.0 Å². The molecule has 1 aliphatic carbocycles. The number of hydrogen-bond donors (Lipinski definition) is 2. The molecule has 1 fully saturated rings. The van der Waals surface area contributed by atoms with Crippen molar-refractivity contribution in [1.82, 2.24) is 4.98 Å². The van der Waals surface area contributed by atoms with Crippen molar-refractivity contribution in [3.8, 4) is 0 Å². The minimum Gasteiger partial charge on any atom is -0.464 e. The van der Waals surface area contributed by atoms with Gasteiger partial charge in [-0.25, -0.2) is 4.98 Å². The van der Waals surface area contributed by atoms with Gasteiger partial charge in [0.25, 0.3) is 0 Å². The van der Waals surface area contributed by atoms with E-state index in [1.54, 1.807) is 12.5 Å². The third-order valence-corrected chi connectivity index (χ3v) is 4.01. The molecule has 1 aliphatic rings. The highest BCUT2D eigenvalue weighted by atomic mass is 16.3. The Balaban J connectivity index is 1.78. The number of aromatic nitrogens is 1. The predicted octanol–water partition coefficient (Wildman–Crippen LogP) is 2.79. The number of nitrogens with one attached hydrogen (secondary N) is 1. The summed E-state index contributed by atoms with van der Waals surface area (Å²) in [7, 11) is 0. The molecule has 0 amide bonds. The van der Waals surface area contributed by atoms with Crippen LogP contribution in [0.5, 0.6) is 0 Å². The van der Waals surface area contributed by atoms with Gasteiger partial charge in [0.1, 0.15) is 11.4 Å². The minimum atomic E-state index is 0.0353. The van der Waals surface area contributed by atoms with Crippen molar-refractivity contribution < 1.29 is 9.52 Å². The molecule has 0 saturated heterocycles. The monoisotopic (exact) mass is 246 g/mol. The number of anilines is 1. The van der Waals surface area contributed by atoms with Gasteiger partial charge < -0.3 is 14.8 Å². The van der Waals surface area contributed by atoms with Gasteiger partial charge in [-0.1, -0.05) is 12.8 Å². The summed E-state index contributed by atoms with van der Waals surface area (Å²) in [5, 5.41) is 14.0. The lowest BCUT2D eigenvalue weighted by Crippen LogP contribution is -2.30. The molecule has 1 saturated carbocycles. The Hall–Kier alpha value is -1.55. The van der Waals surface area contributed by atoms with Crippen molar-refractivity contribution in [1.29, 1.82) is 0 Å². The van der Waals surface area contributed by atoms with Gasteiger partial charge in [0, 0.05) is 18.2 Å². The summed E-state index contributed by atoms with van der Waals surface area (Å²) in [5.74, 6) is 0.848. The molecule has 0 aliphatic heterocycles. The zero-order chi connectivity index (χ0) is 12.4. The predicted molar refractivity (Wildman–Crippen MR) is 70.5 cm³/mol. The van der Waals surface area contributed by atoms with E-state index in [-0.39, 0.29) is 12.0 Å². The number of hydrogen-bond acceptors (Lipinski definition) is 4. The van der Waals surface area contributed by atoms with Crippen molar-refractivity contribution in [3.63, 3.8) is 0 Å². The molecule has 96 valence electrons. The van der Waals surface area contributed by atoms with E-state index in [1.165, 1.54) is 12.8 Å². The summed E-state index contributed by atoms with van der Waals surface area (Å²) in [5.41, 5.74) is 0.880. The van der Waals surface area contributed by atoms with Crippen LogP contribution < -0.4 is 5.32 Å². The maximum Gasteiger partial charge on any atom is 0.139 e. The van der Waals surface area contributed by atoms with Gasteiger partial charge in [0.2, 0.25) is 0 Å². The molecule has 2 heterocycles. The number of pyridine rings is 1. The lowest BCUT2D eigenvalue weighted by molar-refractivity contribution is 0.142. The smallest absolute Gasteiger partial charge is 0.139 e. The Morgan fingerprint density at radius 3 is 2.94 bits per heavy atom. The Morgan fingerprint density at radius 2 is 2.17 bits per heavy atom. The number of aliphatic hydroxyl groups is 1. The molecule has 2 aromatic rings. The Labute approximate surface area is 106 Å². The number of aliphatic hydroxyl groups excluding tert-OH is 1. The van der Waals surface area contributed by atoms with E-state index in [2.05, 4.69) is 10.3 Å². The van der Waals surface area contributed by atoms with E-state index < -0.39 is 0 Å². The fourth-order valence-corrected chi connectivity index (χ4v) is 2.82. The average Bonchev–Trinajstić information content (AvgIpc) is 3.06. The van der Waals surface area contributed by atoms with Crippen molar-refractivity contribution in [2.45, 2.75) is 25.7 Å². The number of furan rings is 1. The summed E-state index contributed by atoms with van der Waals surface area (Å²) in [4.78, 5) is 4.35. The van der Waals surface area contributed by atoms with Gasteiger partial charge in [-0.3, -0.25) is 0 Å². The standard InChI is InChI=1S/C14H18N2O2/c17-10-14(5-1-2-6-14)9-16-13-11-4-8-18-12(11)3-7-15-13/h3-4,7-8,17H,1-2,5-6,9-10H2,(H,15,16). The quantitative estimate of drug-likeness (QED) is 0.871. The van der Waals surface area contributed by atoms with Crippen LogP contribution >= 0.6 is 0 Å². The lowest BCUT2D eigenvalue weighted by atomic mass is 9.87. The molecule has 2 aromatic heterocycles. The fourth-order valence-electron chi connectivity index (χ4n) is 2.82. The molecule has 0 spiro atoms. The molecular formula is C14H18N2O2. The molecule has 0 aromatic carbocycles. The maximum absolute atomic E-state index is 9.59. The summed E-state index contributed by atoms with van der Waals surface area (Å²) in [6, 6.07) is 3.78. The molecule has 0 bridgehead atoms. The van der Waals surface area contributed by atoms with Gasteiger partial charge in [0.05, 0.1) is 18.3 Å². The third-order valence-electron chi connectivity index (χ3n) is 4.01. The second-order valence-corrected chi connectivity index (χ2v) is 5.21. The van der Waals surface area contributed by atoms with Crippen LogP contribution in [0.4, 0.5) is 5.82 Å². The second kappa shape index (κ2) is 4.61. The topological polar surface area (TPSA) is 58.3 Å². The number of rotatable bonds is 4. The third kappa shape index (κ3) is 1.97. The zero-order valence-electron chi connectivity index (χ0n) is 10.4. The molecular weight excluding hydrogens is 228 g/mol. The Bertz CT molecular complexity index is 529. The highest BCUT2D eigenvalue weighted by molar-refractivity contribution is 5.87. The van der Waals surface area contributed by atoms with E-state index in [4.69, 9.17) is 4.42 Å². The van der Waals surface area contributed by atoms with Gasteiger partial charge >= 0.3 is 0 Å². The molecule has 0 atom stereocenters. The number of nitrogens with zero attached hydrogens (tertiary/aromatic N) is 1. The van der Waals surface area contributed by atoms with Crippen LogP contribution in [0.15, 0.2) is 29.0 Å². The molecule has 0 radical (unpaired) electrons. The van der Waals surface area contributed by atoms with Gasteiger partial charge in [-0.05, 0) is 25.0 Å². The van der Waals surface area contributed by atoms with Crippen molar-refractivity contribution >= 4 is 16.8 Å². The molecule has 4 heteroatoms. The molecule has 2 N–H and O–H groups in total. The largest absolute Gasteiger partial charge is 0.464 e. The molecule has 18 heavy (non-hydrogen) atoms. The zero-order valence-corrected chi connectivity index (χ0v) is 10.4. The highest BCUT2D eigenvalue weighted by Crippen LogP contribution is 2.38.